The number of pyridine rings is 1. The number of aryl methyl sites for hydroxylation is 3. The molecule has 3 aromatic heterocycles. The second-order valence-electron chi connectivity index (χ2n) is 9.57. The summed E-state index contributed by atoms with van der Waals surface area (Å²) in [7, 11) is 1.56. The predicted octanol–water partition coefficient (Wildman–Crippen LogP) is 5.70. The van der Waals surface area contributed by atoms with Gasteiger partial charge in [-0.15, -0.1) is 0 Å². The van der Waals surface area contributed by atoms with Gasteiger partial charge in [0.25, 0.3) is 0 Å². The standard InChI is InChI=1S/C29H26N4O6/c1-15-7-20(26-22(8-15)32-25(36-4)12-31-26)23-10-21-27(39-23)16(2)9-24-28(21)37-14-19(38-24)13-33(29(34)35)18-6-5-17(3)30-11-18/h5-12,19H,13-14H2,1-4H3,(H,34,35). The first kappa shape index (κ1) is 24.5. The fourth-order valence-corrected chi connectivity index (χ4v) is 4.81. The van der Waals surface area contributed by atoms with Crippen molar-refractivity contribution in [3.63, 3.8) is 0 Å². The summed E-state index contributed by atoms with van der Waals surface area (Å²) < 4.78 is 24.0. The van der Waals surface area contributed by atoms with Crippen molar-refractivity contribution in [1.82, 2.24) is 15.0 Å². The van der Waals surface area contributed by atoms with Crippen LogP contribution in [0.5, 0.6) is 17.4 Å². The monoisotopic (exact) mass is 526 g/mol. The van der Waals surface area contributed by atoms with E-state index >= 15 is 0 Å². The Bertz CT molecular complexity index is 1730. The zero-order valence-electron chi connectivity index (χ0n) is 21.9. The molecule has 0 aliphatic carbocycles. The van der Waals surface area contributed by atoms with Gasteiger partial charge in [-0.25, -0.2) is 14.8 Å². The van der Waals surface area contributed by atoms with E-state index in [0.717, 1.165) is 27.8 Å². The van der Waals surface area contributed by atoms with E-state index in [2.05, 4.69) is 15.0 Å². The van der Waals surface area contributed by atoms with Gasteiger partial charge in [-0.3, -0.25) is 9.88 Å². The molecular weight excluding hydrogens is 500 g/mol. The Balaban J connectivity index is 1.35. The van der Waals surface area contributed by atoms with E-state index in [9.17, 15) is 9.90 Å². The first-order valence-electron chi connectivity index (χ1n) is 12.4. The Kier molecular flexibility index (Phi) is 5.94. The molecule has 1 N–H and O–H groups in total. The summed E-state index contributed by atoms with van der Waals surface area (Å²) >= 11 is 0. The van der Waals surface area contributed by atoms with Gasteiger partial charge in [0.15, 0.2) is 17.6 Å². The lowest BCUT2D eigenvalue weighted by atomic mass is 10.1. The minimum Gasteiger partial charge on any atom is -0.485 e. The summed E-state index contributed by atoms with van der Waals surface area (Å²) in [6.07, 6.45) is 1.52. The topological polar surface area (TPSA) is 120 Å². The van der Waals surface area contributed by atoms with E-state index in [4.69, 9.17) is 18.6 Å². The molecule has 1 amide bonds. The van der Waals surface area contributed by atoms with Crippen LogP contribution in [-0.2, 0) is 0 Å². The van der Waals surface area contributed by atoms with Gasteiger partial charge in [0.05, 0.1) is 48.2 Å². The van der Waals surface area contributed by atoms with Crippen molar-refractivity contribution in [3.8, 4) is 28.7 Å². The van der Waals surface area contributed by atoms with Gasteiger partial charge in [-0.05, 0) is 68.3 Å². The SMILES string of the molecule is COc1cnc2c(-c3cc4c5c(cc(C)c4o3)OC(CN(C(=O)O)c3ccc(C)nc3)CO5)cc(C)cc2n1. The number of rotatable bonds is 5. The maximum Gasteiger partial charge on any atom is 0.411 e. The Morgan fingerprint density at radius 3 is 2.72 bits per heavy atom. The van der Waals surface area contributed by atoms with E-state index in [-0.39, 0.29) is 13.2 Å². The molecule has 1 atom stereocenters. The summed E-state index contributed by atoms with van der Waals surface area (Å²) in [5, 5.41) is 10.6. The first-order valence-corrected chi connectivity index (χ1v) is 12.4. The fraction of sp³-hybridized carbons (Fsp3) is 0.241. The van der Waals surface area contributed by atoms with Gasteiger partial charge in [-0.1, -0.05) is 0 Å². The highest BCUT2D eigenvalue weighted by Gasteiger charge is 2.29. The minimum atomic E-state index is -1.09. The molecule has 0 spiro atoms. The van der Waals surface area contributed by atoms with Crippen LogP contribution >= 0.6 is 0 Å². The van der Waals surface area contributed by atoms with Crippen molar-refractivity contribution in [3.05, 3.63) is 65.6 Å². The molecule has 5 aromatic rings. The van der Waals surface area contributed by atoms with Gasteiger partial charge in [0, 0.05) is 11.3 Å². The molecule has 1 aliphatic heterocycles. The normalized spacial score (nSPS) is 14.5. The molecule has 198 valence electrons. The molecule has 10 heteroatoms. The molecule has 4 heterocycles. The smallest absolute Gasteiger partial charge is 0.411 e. The van der Waals surface area contributed by atoms with Gasteiger partial charge in [0.2, 0.25) is 5.88 Å². The van der Waals surface area contributed by atoms with Crippen molar-refractivity contribution in [2.24, 2.45) is 0 Å². The Morgan fingerprint density at radius 2 is 1.97 bits per heavy atom. The third-order valence-electron chi connectivity index (χ3n) is 6.68. The van der Waals surface area contributed by atoms with Crippen LogP contribution in [0.25, 0.3) is 33.3 Å². The van der Waals surface area contributed by atoms with Crippen LogP contribution in [0.3, 0.4) is 0 Å². The van der Waals surface area contributed by atoms with E-state index in [1.807, 2.05) is 45.0 Å². The number of fused-ring (bicyclic) bond motifs is 4. The lowest BCUT2D eigenvalue weighted by Gasteiger charge is -2.30. The lowest BCUT2D eigenvalue weighted by molar-refractivity contribution is 0.0959. The van der Waals surface area contributed by atoms with Gasteiger partial charge < -0.3 is 23.7 Å². The summed E-state index contributed by atoms with van der Waals surface area (Å²) in [5.41, 5.74) is 6.04. The summed E-state index contributed by atoms with van der Waals surface area (Å²) in [6.45, 7) is 6.03. The van der Waals surface area contributed by atoms with E-state index < -0.39 is 12.2 Å². The molecule has 1 unspecified atom stereocenters. The number of carboxylic acid groups (broad SMARTS) is 1. The molecule has 0 fully saturated rings. The average Bonchev–Trinajstić information content (AvgIpc) is 3.37. The van der Waals surface area contributed by atoms with Crippen molar-refractivity contribution in [2.45, 2.75) is 26.9 Å². The number of amides is 1. The highest BCUT2D eigenvalue weighted by Crippen LogP contribution is 2.44. The second kappa shape index (κ2) is 9.46. The van der Waals surface area contributed by atoms with Gasteiger partial charge in [0.1, 0.15) is 18.0 Å². The highest BCUT2D eigenvalue weighted by atomic mass is 16.6. The predicted molar refractivity (Wildman–Crippen MR) is 145 cm³/mol. The number of benzene rings is 2. The Morgan fingerprint density at radius 1 is 1.13 bits per heavy atom. The van der Waals surface area contributed by atoms with Crippen molar-refractivity contribution < 1.29 is 28.5 Å². The molecule has 2 aromatic carbocycles. The maximum atomic E-state index is 12.0. The van der Waals surface area contributed by atoms with Crippen LogP contribution in [0.15, 0.2) is 53.2 Å². The molecule has 6 rings (SSSR count). The van der Waals surface area contributed by atoms with Crippen molar-refractivity contribution in [2.75, 3.05) is 25.2 Å². The van der Waals surface area contributed by atoms with E-state index in [1.165, 1.54) is 11.1 Å². The zero-order valence-corrected chi connectivity index (χ0v) is 21.9. The number of hydrogen-bond acceptors (Lipinski definition) is 8. The molecule has 1 aliphatic rings. The number of furan rings is 1. The number of anilines is 1. The number of methoxy groups -OCH3 is 1. The summed E-state index contributed by atoms with van der Waals surface area (Å²) in [5.74, 6) is 2.16. The molecule has 0 saturated heterocycles. The Labute approximate surface area is 223 Å². The largest absolute Gasteiger partial charge is 0.485 e. The van der Waals surface area contributed by atoms with Crippen LogP contribution < -0.4 is 19.1 Å². The second-order valence-corrected chi connectivity index (χ2v) is 9.57. The van der Waals surface area contributed by atoms with Gasteiger partial charge in [-0.2, -0.15) is 0 Å². The van der Waals surface area contributed by atoms with Crippen LogP contribution in [0.1, 0.15) is 16.8 Å². The van der Waals surface area contributed by atoms with E-state index in [0.29, 0.717) is 45.4 Å². The summed E-state index contributed by atoms with van der Waals surface area (Å²) in [6, 6.07) is 11.2. The van der Waals surface area contributed by atoms with Crippen LogP contribution in [0.4, 0.5) is 10.5 Å². The zero-order chi connectivity index (χ0) is 27.3. The van der Waals surface area contributed by atoms with Crippen LogP contribution in [-0.4, -0.2) is 52.5 Å². The molecule has 10 nitrogen and oxygen atoms in total. The number of aromatic nitrogens is 3. The molecular formula is C29H26N4O6. The molecule has 0 saturated carbocycles. The fourth-order valence-electron chi connectivity index (χ4n) is 4.81. The lowest BCUT2D eigenvalue weighted by Crippen LogP contribution is -2.43. The maximum absolute atomic E-state index is 12.0. The molecule has 0 bridgehead atoms. The van der Waals surface area contributed by atoms with Crippen LogP contribution in [0.2, 0.25) is 0 Å². The number of nitrogens with zero attached hydrogens (tertiary/aromatic N) is 4. The van der Waals surface area contributed by atoms with Crippen LogP contribution in [0, 0.1) is 20.8 Å². The molecule has 39 heavy (non-hydrogen) atoms. The minimum absolute atomic E-state index is 0.0879. The van der Waals surface area contributed by atoms with Gasteiger partial charge >= 0.3 is 6.09 Å². The first-order chi connectivity index (χ1) is 18.8. The number of ether oxygens (including phenoxy) is 3. The Hall–Kier alpha value is -4.86. The van der Waals surface area contributed by atoms with Crippen molar-refractivity contribution >= 4 is 33.8 Å². The summed E-state index contributed by atoms with van der Waals surface area (Å²) in [4.78, 5) is 26.5. The average molecular weight is 527 g/mol. The third-order valence-corrected chi connectivity index (χ3v) is 6.68. The third kappa shape index (κ3) is 4.43. The highest BCUT2D eigenvalue weighted by molar-refractivity contribution is 5.97. The quantitative estimate of drug-likeness (QED) is 0.308. The molecule has 0 radical (unpaired) electrons. The van der Waals surface area contributed by atoms with Crippen molar-refractivity contribution in [1.29, 1.82) is 0 Å². The number of hydrogen-bond donors (Lipinski definition) is 1. The van der Waals surface area contributed by atoms with E-state index in [1.54, 1.807) is 25.4 Å². The number of carbonyl (C=O) groups is 1.